The number of carboxylic acids is 1. The van der Waals surface area contributed by atoms with E-state index >= 15 is 0 Å². The summed E-state index contributed by atoms with van der Waals surface area (Å²) in [7, 11) is 0. The fourth-order valence-electron chi connectivity index (χ4n) is 8.08. The topological polar surface area (TPSA) is 110 Å². The zero-order valence-corrected chi connectivity index (χ0v) is 21.3. The van der Waals surface area contributed by atoms with E-state index in [1.54, 1.807) is 0 Å². The lowest BCUT2D eigenvalue weighted by molar-refractivity contribution is -0.164. The Morgan fingerprint density at radius 2 is 1.79 bits per heavy atom. The molecule has 34 heavy (non-hydrogen) atoms. The van der Waals surface area contributed by atoms with Crippen LogP contribution in [0.5, 0.6) is 0 Å². The number of amides is 1. The average molecular weight is 494 g/mol. The van der Waals surface area contributed by atoms with E-state index in [1.165, 1.54) is 6.42 Å². The van der Waals surface area contributed by atoms with Gasteiger partial charge in [0.05, 0.1) is 6.42 Å². The second-order valence-corrected chi connectivity index (χ2v) is 12.0. The molecule has 0 heterocycles. The number of ether oxygens (including phenoxy) is 1. The number of carbonyl (C=O) groups excluding carboxylic acids is 3. The summed E-state index contributed by atoms with van der Waals surface area (Å²) in [5.41, 5.74) is 0.230. The Balaban J connectivity index is 1.34. The van der Waals surface area contributed by atoms with Gasteiger partial charge in [-0.05, 0) is 74.0 Å². The molecule has 4 rings (SSSR count). The van der Waals surface area contributed by atoms with Crippen LogP contribution < -0.4 is 5.32 Å². The lowest BCUT2D eigenvalue weighted by Crippen LogP contribution is -2.54. The predicted molar refractivity (Wildman–Crippen MR) is 129 cm³/mol. The second-order valence-electron chi connectivity index (χ2n) is 11.6. The molecule has 4 aliphatic carbocycles. The molecule has 4 aliphatic rings. The number of hydrogen-bond acceptors (Lipinski definition) is 6. The van der Waals surface area contributed by atoms with Gasteiger partial charge >= 0.3 is 11.9 Å². The molecule has 0 radical (unpaired) electrons. The Labute approximate surface area is 207 Å². The molecule has 0 bridgehead atoms. The molecule has 0 spiro atoms. The Morgan fingerprint density at radius 1 is 1.06 bits per heavy atom. The zero-order valence-electron chi connectivity index (χ0n) is 20.4. The van der Waals surface area contributed by atoms with Gasteiger partial charge in [0, 0.05) is 30.4 Å². The van der Waals surface area contributed by atoms with Gasteiger partial charge in [-0.2, -0.15) is 12.6 Å². The number of carbonyl (C=O) groups is 4. The second kappa shape index (κ2) is 9.82. The first kappa shape index (κ1) is 25.5. The molecule has 2 N–H and O–H groups in total. The molecule has 0 saturated heterocycles. The highest BCUT2D eigenvalue weighted by Gasteiger charge is 2.61. The summed E-state index contributed by atoms with van der Waals surface area (Å²) in [5, 5.41) is 11.4. The molecule has 0 unspecified atom stereocenters. The molecule has 0 aromatic carbocycles. The summed E-state index contributed by atoms with van der Waals surface area (Å²) in [6.45, 7) is 4.72. The highest BCUT2D eigenvalue weighted by atomic mass is 32.1. The Kier molecular flexibility index (Phi) is 7.37. The van der Waals surface area contributed by atoms with Crippen molar-refractivity contribution >= 4 is 36.3 Å². The van der Waals surface area contributed by atoms with Crippen molar-refractivity contribution < 1.29 is 29.0 Å². The van der Waals surface area contributed by atoms with Crippen LogP contribution in [0.3, 0.4) is 0 Å². The molecule has 4 saturated carbocycles. The quantitative estimate of drug-likeness (QED) is 0.368. The van der Waals surface area contributed by atoms with Gasteiger partial charge in [-0.15, -0.1) is 0 Å². The van der Waals surface area contributed by atoms with Crippen molar-refractivity contribution in [2.45, 2.75) is 96.6 Å². The third kappa shape index (κ3) is 4.63. The average Bonchev–Trinajstić information content (AvgIpc) is 3.12. The molecule has 0 aliphatic heterocycles. The number of fused-ring (bicyclic) bond motifs is 5. The number of ketones is 1. The van der Waals surface area contributed by atoms with Gasteiger partial charge in [0.15, 0.2) is 0 Å². The summed E-state index contributed by atoms with van der Waals surface area (Å²) in [5.74, 6) is 0.779. The summed E-state index contributed by atoms with van der Waals surface area (Å²) < 4.78 is 5.94. The van der Waals surface area contributed by atoms with Gasteiger partial charge in [0.1, 0.15) is 17.9 Å². The minimum Gasteiger partial charge on any atom is -0.480 e. The van der Waals surface area contributed by atoms with E-state index in [0.29, 0.717) is 29.5 Å². The fourth-order valence-corrected chi connectivity index (χ4v) is 8.32. The van der Waals surface area contributed by atoms with Gasteiger partial charge < -0.3 is 15.2 Å². The van der Waals surface area contributed by atoms with Crippen LogP contribution in [-0.2, 0) is 23.9 Å². The predicted octanol–water partition coefficient (Wildman–Crippen LogP) is 3.79. The van der Waals surface area contributed by atoms with Crippen molar-refractivity contribution in [2.24, 2.45) is 34.5 Å². The van der Waals surface area contributed by atoms with Crippen molar-refractivity contribution in [3.63, 3.8) is 0 Å². The van der Waals surface area contributed by atoms with Crippen LogP contribution in [0.15, 0.2) is 0 Å². The number of hydrogen-bond donors (Lipinski definition) is 3. The largest absolute Gasteiger partial charge is 0.480 e. The molecule has 8 atom stereocenters. The van der Waals surface area contributed by atoms with Crippen LogP contribution in [0.4, 0.5) is 0 Å². The lowest BCUT2D eigenvalue weighted by atomic mass is 9.45. The highest BCUT2D eigenvalue weighted by Crippen LogP contribution is 2.66. The van der Waals surface area contributed by atoms with Gasteiger partial charge in [-0.1, -0.05) is 13.8 Å². The molecule has 8 heteroatoms. The third-order valence-electron chi connectivity index (χ3n) is 10.0. The summed E-state index contributed by atoms with van der Waals surface area (Å²) >= 11 is 3.93. The summed E-state index contributed by atoms with van der Waals surface area (Å²) in [6, 6.07) is -1.06. The molecule has 4 fully saturated rings. The van der Waals surface area contributed by atoms with E-state index in [1.807, 2.05) is 0 Å². The first-order chi connectivity index (χ1) is 16.1. The molecule has 0 aromatic rings. The number of nitrogens with one attached hydrogen (secondary N) is 1. The van der Waals surface area contributed by atoms with Crippen molar-refractivity contribution in [2.75, 3.05) is 5.75 Å². The van der Waals surface area contributed by atoms with Gasteiger partial charge in [-0.3, -0.25) is 14.4 Å². The molecular formula is C26H39NO6S. The standard InChI is InChI=1S/C26H39NO6S/c1-25-11-9-16(28)13-15(25)3-4-17-18-5-6-21(26(18,2)12-10-19(17)25)33-23(30)8-7-22(29)27-20(14-34)24(31)32/h15,17-21,34H,3-14H2,1-2H3,(H,27,29)(H,31,32)/t15-,17+,18+,19+,20+,21+,25+,26+/m1/s1. The van der Waals surface area contributed by atoms with Crippen LogP contribution in [0, 0.1) is 34.5 Å². The van der Waals surface area contributed by atoms with Crippen molar-refractivity contribution in [1.82, 2.24) is 5.32 Å². The Hall–Kier alpha value is -1.57. The number of rotatable bonds is 7. The fraction of sp³-hybridized carbons (Fsp3) is 0.846. The van der Waals surface area contributed by atoms with E-state index in [0.717, 1.165) is 51.4 Å². The minimum absolute atomic E-state index is 0.00834. The van der Waals surface area contributed by atoms with Crippen LogP contribution in [-0.4, -0.2) is 46.6 Å². The van der Waals surface area contributed by atoms with Gasteiger partial charge in [-0.25, -0.2) is 4.79 Å². The maximum atomic E-state index is 12.6. The molecule has 0 aromatic heterocycles. The van der Waals surface area contributed by atoms with Crippen LogP contribution in [0.2, 0.25) is 0 Å². The number of thiol groups is 1. The molecular weight excluding hydrogens is 454 g/mol. The smallest absolute Gasteiger partial charge is 0.327 e. The van der Waals surface area contributed by atoms with Crippen molar-refractivity contribution in [3.8, 4) is 0 Å². The van der Waals surface area contributed by atoms with Crippen molar-refractivity contribution in [1.29, 1.82) is 0 Å². The van der Waals surface area contributed by atoms with Crippen LogP contribution in [0.1, 0.15) is 84.5 Å². The number of carboxylic acid groups (broad SMARTS) is 1. The summed E-state index contributed by atoms with van der Waals surface area (Å²) in [6.07, 6.45) is 8.66. The van der Waals surface area contributed by atoms with Gasteiger partial charge in [0.25, 0.3) is 0 Å². The van der Waals surface area contributed by atoms with Crippen LogP contribution >= 0.6 is 12.6 Å². The first-order valence-corrected chi connectivity index (χ1v) is 13.6. The Bertz CT molecular complexity index is 847. The lowest BCUT2D eigenvalue weighted by Gasteiger charge is -2.60. The zero-order chi connectivity index (χ0) is 24.7. The summed E-state index contributed by atoms with van der Waals surface area (Å²) in [4.78, 5) is 47.8. The number of esters is 1. The maximum Gasteiger partial charge on any atom is 0.327 e. The normalized spacial score (nSPS) is 39.9. The minimum atomic E-state index is -1.14. The van der Waals surface area contributed by atoms with E-state index < -0.39 is 17.9 Å². The Morgan fingerprint density at radius 3 is 2.50 bits per heavy atom. The molecule has 190 valence electrons. The van der Waals surface area contributed by atoms with Crippen molar-refractivity contribution in [3.05, 3.63) is 0 Å². The monoisotopic (exact) mass is 493 g/mol. The SMILES string of the molecule is C[C@]12CCC(=O)C[C@H]1CC[C@@H]1[C@@H]2CC[C@]2(C)[C@@H](OC(=O)CCC(=O)N[C@@H](CS)C(=O)O)CC[C@@H]12. The maximum absolute atomic E-state index is 12.6. The first-order valence-electron chi connectivity index (χ1n) is 12.9. The molecule has 1 amide bonds. The van der Waals surface area contributed by atoms with Crippen LogP contribution in [0.25, 0.3) is 0 Å². The third-order valence-corrected chi connectivity index (χ3v) is 10.4. The molecule has 7 nitrogen and oxygen atoms in total. The highest BCUT2D eigenvalue weighted by molar-refractivity contribution is 7.80. The number of aliphatic carboxylic acids is 1. The van der Waals surface area contributed by atoms with E-state index in [2.05, 4.69) is 31.8 Å². The van der Waals surface area contributed by atoms with E-state index in [9.17, 15) is 19.2 Å². The number of Topliss-reactive ketones (excluding diaryl/α,β-unsaturated/α-hetero) is 1. The van der Waals surface area contributed by atoms with E-state index in [-0.39, 0.29) is 41.5 Å². The van der Waals surface area contributed by atoms with E-state index in [4.69, 9.17) is 9.84 Å². The van der Waals surface area contributed by atoms with Gasteiger partial charge in [0.2, 0.25) is 5.91 Å².